The number of nitrogens with one attached hydrogen (secondary N) is 2. The van der Waals surface area contributed by atoms with E-state index >= 15 is 0 Å². The summed E-state index contributed by atoms with van der Waals surface area (Å²) in [5, 5.41) is 5.04. The van der Waals surface area contributed by atoms with Crippen molar-refractivity contribution in [2.24, 2.45) is 0 Å². The van der Waals surface area contributed by atoms with Gasteiger partial charge in [-0.25, -0.2) is 0 Å². The Morgan fingerprint density at radius 3 is 2.29 bits per heavy atom. The van der Waals surface area contributed by atoms with Crippen LogP contribution in [0.3, 0.4) is 0 Å². The van der Waals surface area contributed by atoms with Crippen molar-refractivity contribution in [3.63, 3.8) is 0 Å². The molecule has 0 unspecified atom stereocenters. The fraction of sp³-hybridized carbons (Fsp3) is 0.190. The van der Waals surface area contributed by atoms with Gasteiger partial charge in [0.15, 0.2) is 0 Å². The maximum atomic E-state index is 12.5. The van der Waals surface area contributed by atoms with Gasteiger partial charge >= 0.3 is 5.97 Å². The Hall–Kier alpha value is -3.61. The van der Waals surface area contributed by atoms with Crippen LogP contribution in [0.4, 0.5) is 0 Å². The Bertz CT molecular complexity index is 845. The Balaban J connectivity index is 2.20. The predicted molar refractivity (Wildman–Crippen MR) is 105 cm³/mol. The largest absolute Gasteiger partial charge is 0.497 e. The number of amides is 2. The summed E-state index contributed by atoms with van der Waals surface area (Å²) in [6.07, 6.45) is 1.51. The zero-order valence-electron chi connectivity index (χ0n) is 15.7. The number of methoxy groups -OCH3 is 1. The molecule has 0 aliphatic carbocycles. The number of esters is 1. The fourth-order valence-corrected chi connectivity index (χ4v) is 2.27. The number of rotatable bonds is 8. The zero-order valence-corrected chi connectivity index (χ0v) is 15.7. The van der Waals surface area contributed by atoms with E-state index in [-0.39, 0.29) is 18.8 Å². The highest BCUT2D eigenvalue weighted by Gasteiger charge is 2.15. The summed E-state index contributed by atoms with van der Waals surface area (Å²) in [5.74, 6) is -0.937. The first kappa shape index (κ1) is 20.7. The van der Waals surface area contributed by atoms with E-state index in [4.69, 9.17) is 9.47 Å². The number of hydrogen-bond donors (Lipinski definition) is 2. The third kappa shape index (κ3) is 6.28. The normalized spacial score (nSPS) is 10.7. The van der Waals surface area contributed by atoms with E-state index in [9.17, 15) is 14.4 Å². The minimum Gasteiger partial charge on any atom is -0.497 e. The summed E-state index contributed by atoms with van der Waals surface area (Å²) in [5.41, 5.74) is 1.08. The van der Waals surface area contributed by atoms with Gasteiger partial charge in [-0.05, 0) is 42.8 Å². The van der Waals surface area contributed by atoms with Gasteiger partial charge in [0.05, 0.1) is 13.7 Å². The van der Waals surface area contributed by atoms with Crippen molar-refractivity contribution >= 4 is 23.9 Å². The topological polar surface area (TPSA) is 93.7 Å². The van der Waals surface area contributed by atoms with Crippen molar-refractivity contribution in [2.75, 3.05) is 20.3 Å². The molecule has 7 nitrogen and oxygen atoms in total. The van der Waals surface area contributed by atoms with Gasteiger partial charge in [-0.1, -0.05) is 30.3 Å². The average Bonchev–Trinajstić information content (AvgIpc) is 2.72. The van der Waals surface area contributed by atoms with Gasteiger partial charge < -0.3 is 20.1 Å². The molecular formula is C21H22N2O5. The third-order valence-electron chi connectivity index (χ3n) is 3.65. The van der Waals surface area contributed by atoms with Gasteiger partial charge in [-0.2, -0.15) is 0 Å². The number of hydrogen-bond acceptors (Lipinski definition) is 5. The molecule has 0 radical (unpaired) electrons. The Morgan fingerprint density at radius 2 is 1.68 bits per heavy atom. The molecule has 2 amide bonds. The third-order valence-corrected chi connectivity index (χ3v) is 3.65. The van der Waals surface area contributed by atoms with Gasteiger partial charge in [0.1, 0.15) is 18.0 Å². The molecule has 0 fully saturated rings. The standard InChI is InChI=1S/C21H22N2O5/c1-3-28-19(24)14-22-21(26)18(13-15-9-11-17(27-2)12-10-15)23-20(25)16-7-5-4-6-8-16/h4-13H,3,14H2,1-2H3,(H,22,26)(H,23,25)/b18-13+. The van der Waals surface area contributed by atoms with Crippen molar-refractivity contribution in [3.8, 4) is 5.75 Å². The predicted octanol–water partition coefficient (Wildman–Crippen LogP) is 2.15. The summed E-state index contributed by atoms with van der Waals surface area (Å²) in [7, 11) is 1.55. The molecule has 0 bridgehead atoms. The Morgan fingerprint density at radius 1 is 1.00 bits per heavy atom. The molecule has 146 valence electrons. The quantitative estimate of drug-likeness (QED) is 0.539. The second kappa shape index (κ2) is 10.5. The van der Waals surface area contributed by atoms with Gasteiger partial charge in [0.25, 0.3) is 11.8 Å². The minimum atomic E-state index is -0.604. The zero-order chi connectivity index (χ0) is 20.4. The van der Waals surface area contributed by atoms with Crippen LogP contribution in [0.15, 0.2) is 60.3 Å². The van der Waals surface area contributed by atoms with E-state index in [1.165, 1.54) is 6.08 Å². The lowest BCUT2D eigenvalue weighted by Gasteiger charge is -2.11. The van der Waals surface area contributed by atoms with E-state index in [0.29, 0.717) is 16.9 Å². The van der Waals surface area contributed by atoms with Crippen LogP contribution in [0.5, 0.6) is 5.75 Å². The van der Waals surface area contributed by atoms with Crippen LogP contribution in [-0.2, 0) is 14.3 Å². The first-order valence-corrected chi connectivity index (χ1v) is 8.69. The molecule has 2 N–H and O–H groups in total. The molecule has 0 aliphatic heterocycles. The van der Waals surface area contributed by atoms with Gasteiger partial charge in [0.2, 0.25) is 0 Å². The van der Waals surface area contributed by atoms with Crippen molar-refractivity contribution in [3.05, 3.63) is 71.4 Å². The van der Waals surface area contributed by atoms with Crippen LogP contribution in [0.25, 0.3) is 6.08 Å². The van der Waals surface area contributed by atoms with E-state index in [1.54, 1.807) is 68.6 Å². The maximum absolute atomic E-state index is 12.5. The van der Waals surface area contributed by atoms with Crippen LogP contribution in [0.1, 0.15) is 22.8 Å². The summed E-state index contributed by atoms with van der Waals surface area (Å²) in [4.78, 5) is 36.5. The molecule has 0 spiro atoms. The van der Waals surface area contributed by atoms with Gasteiger partial charge in [-0.3, -0.25) is 14.4 Å². The van der Waals surface area contributed by atoms with E-state index < -0.39 is 17.8 Å². The molecule has 0 saturated heterocycles. The van der Waals surface area contributed by atoms with Crippen LogP contribution >= 0.6 is 0 Å². The lowest BCUT2D eigenvalue weighted by Crippen LogP contribution is -2.37. The first-order chi connectivity index (χ1) is 13.5. The van der Waals surface area contributed by atoms with E-state index in [1.807, 2.05) is 0 Å². The molecule has 2 aromatic rings. The summed E-state index contributed by atoms with van der Waals surface area (Å²) >= 11 is 0. The summed E-state index contributed by atoms with van der Waals surface area (Å²) in [6.45, 7) is 1.59. The van der Waals surface area contributed by atoms with Gasteiger partial charge in [0, 0.05) is 5.56 Å². The van der Waals surface area contributed by atoms with Crippen molar-refractivity contribution < 1.29 is 23.9 Å². The Kier molecular flexibility index (Phi) is 7.77. The molecule has 0 heterocycles. The van der Waals surface area contributed by atoms with E-state index in [2.05, 4.69) is 10.6 Å². The summed E-state index contributed by atoms with van der Waals surface area (Å²) < 4.78 is 9.90. The second-order valence-electron chi connectivity index (χ2n) is 5.64. The van der Waals surface area contributed by atoms with Crippen LogP contribution < -0.4 is 15.4 Å². The SMILES string of the molecule is CCOC(=O)CNC(=O)/C(=C\c1ccc(OC)cc1)NC(=O)c1ccccc1. The molecule has 2 aromatic carbocycles. The molecule has 7 heteroatoms. The smallest absolute Gasteiger partial charge is 0.325 e. The number of ether oxygens (including phenoxy) is 2. The molecule has 0 aromatic heterocycles. The highest BCUT2D eigenvalue weighted by molar-refractivity contribution is 6.05. The monoisotopic (exact) mass is 382 g/mol. The molecule has 0 saturated carbocycles. The molecular weight excluding hydrogens is 360 g/mol. The van der Waals surface area contributed by atoms with Crippen molar-refractivity contribution in [1.29, 1.82) is 0 Å². The van der Waals surface area contributed by atoms with Crippen molar-refractivity contribution in [1.82, 2.24) is 10.6 Å². The first-order valence-electron chi connectivity index (χ1n) is 8.69. The second-order valence-corrected chi connectivity index (χ2v) is 5.64. The van der Waals surface area contributed by atoms with Crippen LogP contribution in [0.2, 0.25) is 0 Å². The number of benzene rings is 2. The average molecular weight is 382 g/mol. The number of carbonyl (C=O) groups excluding carboxylic acids is 3. The maximum Gasteiger partial charge on any atom is 0.325 e. The van der Waals surface area contributed by atoms with Crippen molar-refractivity contribution in [2.45, 2.75) is 6.92 Å². The van der Waals surface area contributed by atoms with Crippen LogP contribution in [0, 0.1) is 0 Å². The minimum absolute atomic E-state index is 0.00307. The highest BCUT2D eigenvalue weighted by atomic mass is 16.5. The molecule has 2 rings (SSSR count). The summed E-state index contributed by atoms with van der Waals surface area (Å²) in [6, 6.07) is 15.5. The highest BCUT2D eigenvalue weighted by Crippen LogP contribution is 2.14. The van der Waals surface area contributed by atoms with Crippen LogP contribution in [-0.4, -0.2) is 38.0 Å². The molecule has 0 atom stereocenters. The molecule has 28 heavy (non-hydrogen) atoms. The fourth-order valence-electron chi connectivity index (χ4n) is 2.27. The lowest BCUT2D eigenvalue weighted by molar-refractivity contribution is -0.143. The van der Waals surface area contributed by atoms with Gasteiger partial charge in [-0.15, -0.1) is 0 Å². The molecule has 0 aliphatic rings. The van der Waals surface area contributed by atoms with E-state index in [0.717, 1.165) is 0 Å². The Labute approximate surface area is 163 Å². The number of carbonyl (C=O) groups is 3. The lowest BCUT2D eigenvalue weighted by atomic mass is 10.1.